The summed E-state index contributed by atoms with van der Waals surface area (Å²) < 4.78 is 27.6. The van der Waals surface area contributed by atoms with E-state index >= 15 is 0 Å². The molecule has 0 saturated carbocycles. The third-order valence-corrected chi connectivity index (χ3v) is 8.65. The molecule has 8 heteroatoms. The van der Waals surface area contributed by atoms with Crippen molar-refractivity contribution in [3.8, 4) is 0 Å². The number of carbonyl (C=O) groups excluding carboxylic acids is 2. The first-order valence-electron chi connectivity index (χ1n) is 13.2. The predicted octanol–water partition coefficient (Wildman–Crippen LogP) is 4.48. The molecule has 0 aliphatic carbocycles. The molecule has 0 aromatic heterocycles. The van der Waals surface area contributed by atoms with Crippen LogP contribution in [0.5, 0.6) is 0 Å². The lowest BCUT2D eigenvalue weighted by Crippen LogP contribution is -2.54. The molecule has 3 rings (SSSR count). The van der Waals surface area contributed by atoms with Gasteiger partial charge in [-0.1, -0.05) is 84.8 Å². The van der Waals surface area contributed by atoms with Gasteiger partial charge in [0.1, 0.15) is 6.04 Å². The van der Waals surface area contributed by atoms with Crippen LogP contribution in [0.2, 0.25) is 0 Å². The molecule has 208 valence electrons. The van der Waals surface area contributed by atoms with Crippen molar-refractivity contribution in [2.24, 2.45) is 0 Å². The van der Waals surface area contributed by atoms with E-state index in [4.69, 9.17) is 0 Å². The minimum atomic E-state index is -3.91. The van der Waals surface area contributed by atoms with Gasteiger partial charge in [0.15, 0.2) is 0 Å². The van der Waals surface area contributed by atoms with E-state index in [9.17, 15) is 18.0 Å². The van der Waals surface area contributed by atoms with E-state index in [0.29, 0.717) is 6.42 Å². The maximum atomic E-state index is 13.9. The number of hydrogen-bond donors (Lipinski definition) is 1. The Balaban J connectivity index is 1.97. The molecule has 0 radical (unpaired) electrons. The van der Waals surface area contributed by atoms with Crippen molar-refractivity contribution < 1.29 is 18.0 Å². The van der Waals surface area contributed by atoms with E-state index in [0.717, 1.165) is 33.0 Å². The number of aryl methyl sites for hydroxylation is 2. The maximum absolute atomic E-state index is 13.9. The Morgan fingerprint density at radius 3 is 1.97 bits per heavy atom. The first kappa shape index (κ1) is 30.1. The van der Waals surface area contributed by atoms with Crippen LogP contribution in [-0.2, 0) is 32.6 Å². The van der Waals surface area contributed by atoms with Crippen LogP contribution in [0.4, 0.5) is 0 Å². The molecule has 0 heterocycles. The highest BCUT2D eigenvalue weighted by molar-refractivity contribution is 7.89. The van der Waals surface area contributed by atoms with Gasteiger partial charge in [-0.25, -0.2) is 8.42 Å². The third kappa shape index (κ3) is 8.25. The van der Waals surface area contributed by atoms with Gasteiger partial charge < -0.3 is 10.2 Å². The molecule has 0 bridgehead atoms. The second-order valence-corrected chi connectivity index (χ2v) is 12.1. The zero-order valence-corrected chi connectivity index (χ0v) is 24.2. The number of sulfonamides is 1. The van der Waals surface area contributed by atoms with Crippen LogP contribution in [0.15, 0.2) is 83.8 Å². The van der Waals surface area contributed by atoms with Crippen LogP contribution in [0, 0.1) is 13.8 Å². The first-order valence-corrected chi connectivity index (χ1v) is 14.7. The minimum Gasteiger partial charge on any atom is -0.352 e. The first-order chi connectivity index (χ1) is 18.5. The smallest absolute Gasteiger partial charge is 0.243 e. The summed E-state index contributed by atoms with van der Waals surface area (Å²) in [7, 11) is -2.51. The molecule has 3 aromatic rings. The van der Waals surface area contributed by atoms with Gasteiger partial charge in [0.2, 0.25) is 21.8 Å². The summed E-state index contributed by atoms with van der Waals surface area (Å²) in [6, 6.07) is 22.9. The van der Waals surface area contributed by atoms with E-state index in [1.54, 1.807) is 12.1 Å². The monoisotopic (exact) mass is 549 g/mol. The zero-order chi connectivity index (χ0) is 28.6. The number of likely N-dealkylation sites (N-methyl/N-ethyl adjacent to an activating group) is 1. The van der Waals surface area contributed by atoms with E-state index < -0.39 is 28.5 Å². The summed E-state index contributed by atoms with van der Waals surface area (Å²) in [5, 5.41) is 3.03. The highest BCUT2D eigenvalue weighted by Crippen LogP contribution is 2.19. The number of benzene rings is 3. The molecule has 0 aliphatic rings. The molecule has 2 atom stereocenters. The van der Waals surface area contributed by atoms with E-state index in [1.807, 2.05) is 82.3 Å². The van der Waals surface area contributed by atoms with Gasteiger partial charge in [0.25, 0.3) is 0 Å². The molecule has 1 N–H and O–H groups in total. The predicted molar refractivity (Wildman–Crippen MR) is 155 cm³/mol. The fourth-order valence-electron chi connectivity index (χ4n) is 4.14. The van der Waals surface area contributed by atoms with Gasteiger partial charge in [-0.15, -0.1) is 0 Å². The fraction of sp³-hybridized carbons (Fsp3) is 0.355. The van der Waals surface area contributed by atoms with Gasteiger partial charge in [-0.2, -0.15) is 4.31 Å². The highest BCUT2D eigenvalue weighted by atomic mass is 32.2. The lowest BCUT2D eigenvalue weighted by molar-refractivity contribution is -0.141. The van der Waals surface area contributed by atoms with Crippen molar-refractivity contribution in [3.05, 3.63) is 101 Å². The highest BCUT2D eigenvalue weighted by Gasteiger charge is 2.33. The van der Waals surface area contributed by atoms with Crippen molar-refractivity contribution in [3.63, 3.8) is 0 Å². The molecule has 39 heavy (non-hydrogen) atoms. The molecule has 0 fully saturated rings. The second-order valence-electron chi connectivity index (χ2n) is 10.1. The molecular weight excluding hydrogens is 510 g/mol. The zero-order valence-electron chi connectivity index (χ0n) is 23.4. The van der Waals surface area contributed by atoms with Gasteiger partial charge >= 0.3 is 0 Å². The molecule has 2 amide bonds. The van der Waals surface area contributed by atoms with Gasteiger partial charge in [0, 0.05) is 26.1 Å². The summed E-state index contributed by atoms with van der Waals surface area (Å²) in [4.78, 5) is 29.1. The Bertz CT molecular complexity index is 1340. The van der Waals surface area contributed by atoms with E-state index in [1.165, 1.54) is 24.1 Å². The van der Waals surface area contributed by atoms with Crippen molar-refractivity contribution >= 4 is 21.8 Å². The number of hydrogen-bond acceptors (Lipinski definition) is 4. The minimum absolute atomic E-state index is 0.0725. The largest absolute Gasteiger partial charge is 0.352 e. The lowest BCUT2D eigenvalue weighted by atomic mass is 10.0. The van der Waals surface area contributed by atoms with Crippen molar-refractivity contribution in [2.45, 2.75) is 64.1 Å². The standard InChI is InChI=1S/C31H39N3O4S/c1-6-25(4)32-31(36)29(20-26-10-8-7-9-11-26)34(21-27-16-12-23(2)13-17-27)30(35)22-33(5)39(37,38)28-18-14-24(3)15-19-28/h7-19,25,29H,6,20-22H2,1-5H3,(H,32,36)/t25-,29-/m0/s1. The summed E-state index contributed by atoms with van der Waals surface area (Å²) in [5.74, 6) is -0.716. The number of carbonyl (C=O) groups is 2. The molecule has 7 nitrogen and oxygen atoms in total. The van der Waals surface area contributed by atoms with Gasteiger partial charge in [-0.3, -0.25) is 9.59 Å². The Morgan fingerprint density at radius 1 is 0.846 bits per heavy atom. The van der Waals surface area contributed by atoms with Gasteiger partial charge in [0.05, 0.1) is 11.4 Å². The van der Waals surface area contributed by atoms with Crippen LogP contribution in [-0.4, -0.2) is 55.1 Å². The van der Waals surface area contributed by atoms with Crippen molar-refractivity contribution in [1.29, 1.82) is 0 Å². The second kappa shape index (κ2) is 13.5. The average Bonchev–Trinajstić information content (AvgIpc) is 2.92. The van der Waals surface area contributed by atoms with Crippen LogP contribution in [0.25, 0.3) is 0 Å². The summed E-state index contributed by atoms with van der Waals surface area (Å²) in [5.41, 5.74) is 3.78. The number of nitrogens with zero attached hydrogens (tertiary/aromatic N) is 2. The number of nitrogens with one attached hydrogen (secondary N) is 1. The van der Waals surface area contributed by atoms with Crippen LogP contribution in [0.1, 0.15) is 42.5 Å². The summed E-state index contributed by atoms with van der Waals surface area (Å²) in [6.45, 7) is 7.54. The topological polar surface area (TPSA) is 86.8 Å². The SMILES string of the molecule is CC[C@H](C)NC(=O)[C@H](Cc1ccccc1)N(Cc1ccc(C)cc1)C(=O)CN(C)S(=O)(=O)c1ccc(C)cc1. The van der Waals surface area contributed by atoms with Crippen LogP contribution >= 0.6 is 0 Å². The normalized spacial score (nSPS) is 13.1. The Kier molecular flexibility index (Phi) is 10.4. The summed E-state index contributed by atoms with van der Waals surface area (Å²) in [6.07, 6.45) is 1.04. The molecule has 3 aromatic carbocycles. The molecule has 0 unspecified atom stereocenters. The molecule has 0 saturated heterocycles. The molecule has 0 spiro atoms. The van der Waals surface area contributed by atoms with Crippen LogP contribution < -0.4 is 5.32 Å². The fourth-order valence-corrected chi connectivity index (χ4v) is 5.26. The Labute approximate surface area is 232 Å². The Hall–Kier alpha value is -3.49. The lowest BCUT2D eigenvalue weighted by Gasteiger charge is -2.33. The number of amides is 2. The van der Waals surface area contributed by atoms with Gasteiger partial charge in [-0.05, 0) is 50.5 Å². The number of rotatable bonds is 12. The van der Waals surface area contributed by atoms with E-state index in [-0.39, 0.29) is 23.4 Å². The quantitative estimate of drug-likeness (QED) is 0.361. The molecule has 0 aliphatic heterocycles. The summed E-state index contributed by atoms with van der Waals surface area (Å²) >= 11 is 0. The van der Waals surface area contributed by atoms with Crippen molar-refractivity contribution in [2.75, 3.05) is 13.6 Å². The molecular formula is C31H39N3O4S. The van der Waals surface area contributed by atoms with Crippen molar-refractivity contribution in [1.82, 2.24) is 14.5 Å². The Morgan fingerprint density at radius 2 is 1.41 bits per heavy atom. The average molecular weight is 550 g/mol. The van der Waals surface area contributed by atoms with Crippen LogP contribution in [0.3, 0.4) is 0 Å². The van der Waals surface area contributed by atoms with E-state index in [2.05, 4.69) is 5.32 Å². The maximum Gasteiger partial charge on any atom is 0.243 e. The third-order valence-electron chi connectivity index (χ3n) is 6.83.